The molecule has 0 saturated heterocycles. The van der Waals surface area contributed by atoms with E-state index in [1.54, 1.807) is 0 Å². The van der Waals surface area contributed by atoms with Crippen molar-refractivity contribution in [3.05, 3.63) is 0 Å². The van der Waals surface area contributed by atoms with Gasteiger partial charge in [0.05, 0.1) is 5.92 Å². The van der Waals surface area contributed by atoms with Gasteiger partial charge in [0.2, 0.25) is 0 Å². The summed E-state index contributed by atoms with van der Waals surface area (Å²) >= 11 is 0. The third kappa shape index (κ3) is 4.21. The second kappa shape index (κ2) is 6.93. The summed E-state index contributed by atoms with van der Waals surface area (Å²) in [6, 6.07) is 0.651. The highest BCUT2D eigenvalue weighted by molar-refractivity contribution is 5.71. The van der Waals surface area contributed by atoms with E-state index in [1.807, 2.05) is 0 Å². The number of carboxylic acid groups (broad SMARTS) is 1. The molecule has 3 nitrogen and oxygen atoms in total. The van der Waals surface area contributed by atoms with Crippen LogP contribution in [-0.2, 0) is 4.79 Å². The Morgan fingerprint density at radius 3 is 2.40 bits per heavy atom. The normalized spacial score (nSPS) is 29.4. The van der Waals surface area contributed by atoms with Gasteiger partial charge in [-0.05, 0) is 51.0 Å². The molecule has 4 unspecified atom stereocenters. The molecule has 0 aromatic carbocycles. The van der Waals surface area contributed by atoms with Crippen molar-refractivity contribution < 1.29 is 9.90 Å². The Hall–Kier alpha value is -0.570. The second-order valence-electron chi connectivity index (χ2n) is 7.69. The van der Waals surface area contributed by atoms with Crippen LogP contribution in [0.5, 0.6) is 0 Å². The molecule has 0 bridgehead atoms. The van der Waals surface area contributed by atoms with Gasteiger partial charge in [-0.2, -0.15) is 0 Å². The molecule has 1 saturated carbocycles. The predicted molar refractivity (Wildman–Crippen MR) is 83.8 cm³/mol. The molecule has 0 heterocycles. The number of rotatable bonds is 5. The number of hydrogen-bond donors (Lipinski definition) is 1. The van der Waals surface area contributed by atoms with Crippen molar-refractivity contribution >= 4 is 5.97 Å². The van der Waals surface area contributed by atoms with Crippen LogP contribution in [-0.4, -0.2) is 35.1 Å². The molecule has 3 heteroatoms. The SMILES string of the molecule is CCCC(C)N(C)C1CC(C(C)(C)C)CCC1C(=O)O. The van der Waals surface area contributed by atoms with Crippen LogP contribution in [0.25, 0.3) is 0 Å². The summed E-state index contributed by atoms with van der Waals surface area (Å²) in [6.07, 6.45) is 5.18. The third-order valence-corrected chi connectivity index (χ3v) is 5.28. The molecule has 1 rings (SSSR count). The number of carbonyl (C=O) groups is 1. The predicted octanol–water partition coefficient (Wildman–Crippen LogP) is 4.02. The highest BCUT2D eigenvalue weighted by atomic mass is 16.4. The van der Waals surface area contributed by atoms with Crippen molar-refractivity contribution in [2.24, 2.45) is 17.3 Å². The summed E-state index contributed by atoms with van der Waals surface area (Å²) in [4.78, 5) is 13.9. The first-order chi connectivity index (χ1) is 9.18. The van der Waals surface area contributed by atoms with Gasteiger partial charge in [-0.25, -0.2) is 0 Å². The molecule has 0 spiro atoms. The van der Waals surface area contributed by atoms with Gasteiger partial charge < -0.3 is 5.11 Å². The second-order valence-corrected chi connectivity index (χ2v) is 7.69. The van der Waals surface area contributed by atoms with Crippen molar-refractivity contribution in [2.75, 3.05) is 7.05 Å². The van der Waals surface area contributed by atoms with Gasteiger partial charge in [0.25, 0.3) is 0 Å². The lowest BCUT2D eigenvalue weighted by atomic mass is 9.67. The number of nitrogens with zero attached hydrogens (tertiary/aromatic N) is 1. The molecule has 4 atom stereocenters. The zero-order chi connectivity index (χ0) is 15.5. The maximum Gasteiger partial charge on any atom is 0.308 e. The molecule has 0 aliphatic heterocycles. The lowest BCUT2D eigenvalue weighted by molar-refractivity contribution is -0.147. The molecule has 0 radical (unpaired) electrons. The van der Waals surface area contributed by atoms with E-state index in [0.717, 1.165) is 32.1 Å². The first-order valence-corrected chi connectivity index (χ1v) is 8.13. The Labute approximate surface area is 124 Å². The van der Waals surface area contributed by atoms with Crippen LogP contribution >= 0.6 is 0 Å². The van der Waals surface area contributed by atoms with E-state index in [9.17, 15) is 9.90 Å². The highest BCUT2D eigenvalue weighted by Crippen LogP contribution is 2.42. The van der Waals surface area contributed by atoms with E-state index < -0.39 is 5.97 Å². The highest BCUT2D eigenvalue weighted by Gasteiger charge is 2.41. The van der Waals surface area contributed by atoms with Crippen LogP contribution in [0.2, 0.25) is 0 Å². The van der Waals surface area contributed by atoms with Gasteiger partial charge in [-0.15, -0.1) is 0 Å². The smallest absolute Gasteiger partial charge is 0.308 e. The fourth-order valence-electron chi connectivity index (χ4n) is 3.62. The maximum absolute atomic E-state index is 11.6. The van der Waals surface area contributed by atoms with Crippen LogP contribution in [0.4, 0.5) is 0 Å². The Bertz CT molecular complexity index is 321. The van der Waals surface area contributed by atoms with Crippen LogP contribution < -0.4 is 0 Å². The first kappa shape index (κ1) is 17.5. The first-order valence-electron chi connectivity index (χ1n) is 8.13. The number of hydrogen-bond acceptors (Lipinski definition) is 2. The molecule has 1 aliphatic carbocycles. The Balaban J connectivity index is 2.86. The minimum absolute atomic E-state index is 0.187. The largest absolute Gasteiger partial charge is 0.481 e. The topological polar surface area (TPSA) is 40.5 Å². The van der Waals surface area contributed by atoms with Gasteiger partial charge in [0.15, 0.2) is 0 Å². The Kier molecular flexibility index (Phi) is 6.06. The summed E-state index contributed by atoms with van der Waals surface area (Å²) in [7, 11) is 2.12. The molecule has 0 aromatic rings. The fraction of sp³-hybridized carbons (Fsp3) is 0.941. The standard InChI is InChI=1S/C17H33NO2/c1-7-8-12(2)18(6)15-11-13(17(3,4)5)9-10-14(15)16(19)20/h12-15H,7-11H2,1-6H3,(H,19,20). The molecule has 1 aliphatic rings. The zero-order valence-electron chi connectivity index (χ0n) is 14.1. The molecule has 1 N–H and O–H groups in total. The Morgan fingerprint density at radius 1 is 1.35 bits per heavy atom. The average molecular weight is 283 g/mol. The van der Waals surface area contributed by atoms with Crippen LogP contribution in [0.1, 0.15) is 66.7 Å². The number of aliphatic carboxylic acids is 1. The van der Waals surface area contributed by atoms with Gasteiger partial charge in [-0.3, -0.25) is 9.69 Å². The van der Waals surface area contributed by atoms with Crippen molar-refractivity contribution in [3.63, 3.8) is 0 Å². The van der Waals surface area contributed by atoms with Crippen molar-refractivity contribution in [2.45, 2.75) is 78.8 Å². The van der Waals surface area contributed by atoms with Crippen LogP contribution in [0, 0.1) is 17.3 Å². The van der Waals surface area contributed by atoms with E-state index in [0.29, 0.717) is 12.0 Å². The molecular formula is C17H33NO2. The third-order valence-electron chi connectivity index (χ3n) is 5.28. The van der Waals surface area contributed by atoms with E-state index in [2.05, 4.69) is 46.6 Å². The van der Waals surface area contributed by atoms with E-state index in [4.69, 9.17) is 0 Å². The summed E-state index contributed by atoms with van der Waals surface area (Å²) < 4.78 is 0. The lowest BCUT2D eigenvalue weighted by Crippen LogP contribution is -2.50. The lowest BCUT2D eigenvalue weighted by Gasteiger charge is -2.45. The summed E-state index contributed by atoms with van der Waals surface area (Å²) in [5.74, 6) is -0.185. The summed E-state index contributed by atoms with van der Waals surface area (Å²) in [5.41, 5.74) is 0.274. The minimum Gasteiger partial charge on any atom is -0.481 e. The fourth-order valence-corrected chi connectivity index (χ4v) is 3.62. The monoisotopic (exact) mass is 283 g/mol. The van der Waals surface area contributed by atoms with Crippen LogP contribution in [0.3, 0.4) is 0 Å². The van der Waals surface area contributed by atoms with Gasteiger partial charge in [0.1, 0.15) is 0 Å². The van der Waals surface area contributed by atoms with Crippen molar-refractivity contribution in [3.8, 4) is 0 Å². The molecule has 118 valence electrons. The number of carboxylic acids is 1. The average Bonchev–Trinajstić information content (AvgIpc) is 2.36. The van der Waals surface area contributed by atoms with Gasteiger partial charge >= 0.3 is 5.97 Å². The molecule has 0 amide bonds. The maximum atomic E-state index is 11.6. The summed E-state index contributed by atoms with van der Waals surface area (Å²) in [5, 5.41) is 9.53. The summed E-state index contributed by atoms with van der Waals surface area (Å²) in [6.45, 7) is 11.3. The van der Waals surface area contributed by atoms with Gasteiger partial charge in [-0.1, -0.05) is 34.1 Å². The van der Waals surface area contributed by atoms with Crippen molar-refractivity contribution in [1.29, 1.82) is 0 Å². The molecule has 1 fully saturated rings. The zero-order valence-corrected chi connectivity index (χ0v) is 14.1. The van der Waals surface area contributed by atoms with Crippen molar-refractivity contribution in [1.82, 2.24) is 4.90 Å². The minimum atomic E-state index is -0.613. The van der Waals surface area contributed by atoms with E-state index >= 15 is 0 Å². The molecule has 20 heavy (non-hydrogen) atoms. The van der Waals surface area contributed by atoms with Gasteiger partial charge in [0, 0.05) is 12.1 Å². The quantitative estimate of drug-likeness (QED) is 0.828. The van der Waals surface area contributed by atoms with E-state index in [1.165, 1.54) is 0 Å². The Morgan fingerprint density at radius 2 is 1.95 bits per heavy atom. The molecule has 0 aromatic heterocycles. The van der Waals surface area contributed by atoms with E-state index in [-0.39, 0.29) is 17.4 Å². The molecular weight excluding hydrogens is 250 g/mol. The van der Waals surface area contributed by atoms with Crippen LogP contribution in [0.15, 0.2) is 0 Å².